The average Bonchev–Trinajstić information content (AvgIpc) is 3.02. The highest BCUT2D eigenvalue weighted by Gasteiger charge is 2.39. The Morgan fingerprint density at radius 3 is 2.84 bits per heavy atom. The van der Waals surface area contributed by atoms with Gasteiger partial charge >= 0.3 is 0 Å². The second-order valence-corrected chi connectivity index (χ2v) is 7.10. The van der Waals surface area contributed by atoms with Crippen molar-refractivity contribution in [3.05, 3.63) is 46.7 Å². The van der Waals surface area contributed by atoms with Gasteiger partial charge in [0.2, 0.25) is 5.91 Å². The van der Waals surface area contributed by atoms with E-state index in [1.54, 1.807) is 12.3 Å². The third-order valence-electron chi connectivity index (χ3n) is 4.36. The topological polar surface area (TPSA) is 77.2 Å². The Balaban J connectivity index is 0.00000225. The van der Waals surface area contributed by atoms with Crippen LogP contribution in [-0.2, 0) is 16.0 Å². The van der Waals surface area contributed by atoms with Crippen molar-refractivity contribution in [3.8, 4) is 0 Å². The highest BCUT2D eigenvalue weighted by atomic mass is 35.5. The van der Waals surface area contributed by atoms with E-state index in [9.17, 15) is 9.18 Å². The molecule has 2 heterocycles. The van der Waals surface area contributed by atoms with Crippen LogP contribution in [0.3, 0.4) is 0 Å². The monoisotopic (exact) mass is 385 g/mol. The minimum absolute atomic E-state index is 0. The normalized spacial score (nSPS) is 16.1. The van der Waals surface area contributed by atoms with Crippen molar-refractivity contribution < 1.29 is 13.9 Å². The summed E-state index contributed by atoms with van der Waals surface area (Å²) >= 11 is 1.40. The zero-order valence-corrected chi connectivity index (χ0v) is 15.3. The number of ether oxygens (including phenoxy) is 1. The summed E-state index contributed by atoms with van der Waals surface area (Å²) in [5.74, 6) is -0.352. The van der Waals surface area contributed by atoms with E-state index in [0.29, 0.717) is 44.2 Å². The lowest BCUT2D eigenvalue weighted by Gasteiger charge is -2.34. The number of benzene rings is 1. The highest BCUT2D eigenvalue weighted by molar-refractivity contribution is 7.15. The Kier molecular flexibility index (Phi) is 6.89. The Morgan fingerprint density at radius 1 is 1.40 bits per heavy atom. The van der Waals surface area contributed by atoms with E-state index >= 15 is 0 Å². The van der Waals surface area contributed by atoms with E-state index in [2.05, 4.69) is 10.3 Å². The Morgan fingerprint density at radius 2 is 2.16 bits per heavy atom. The molecule has 5 nitrogen and oxygen atoms in total. The number of nitrogens with one attached hydrogen (secondary N) is 1. The smallest absolute Gasteiger partial charge is 0.233 e. The summed E-state index contributed by atoms with van der Waals surface area (Å²) in [5, 5.41) is 3.43. The quantitative estimate of drug-likeness (QED) is 0.829. The van der Waals surface area contributed by atoms with Gasteiger partial charge in [0.25, 0.3) is 0 Å². The van der Waals surface area contributed by atoms with Crippen LogP contribution in [-0.4, -0.2) is 30.6 Å². The molecule has 0 saturated carbocycles. The van der Waals surface area contributed by atoms with Crippen molar-refractivity contribution in [2.24, 2.45) is 11.1 Å². The molecule has 1 saturated heterocycles. The van der Waals surface area contributed by atoms with Crippen LogP contribution in [0.25, 0.3) is 0 Å². The van der Waals surface area contributed by atoms with Crippen LogP contribution in [0.2, 0.25) is 0 Å². The van der Waals surface area contributed by atoms with Gasteiger partial charge in [-0.2, -0.15) is 0 Å². The lowest BCUT2D eigenvalue weighted by molar-refractivity contribution is -0.130. The van der Waals surface area contributed by atoms with Crippen LogP contribution in [0.4, 0.5) is 9.52 Å². The van der Waals surface area contributed by atoms with Gasteiger partial charge in [-0.1, -0.05) is 12.1 Å². The number of rotatable bonds is 5. The van der Waals surface area contributed by atoms with E-state index in [-0.39, 0.29) is 24.1 Å². The lowest BCUT2D eigenvalue weighted by atomic mass is 9.79. The maximum Gasteiger partial charge on any atom is 0.233 e. The number of carbonyl (C=O) groups is 1. The molecule has 1 aromatic carbocycles. The second-order valence-electron chi connectivity index (χ2n) is 5.99. The molecule has 0 spiro atoms. The first-order valence-corrected chi connectivity index (χ1v) is 8.71. The van der Waals surface area contributed by atoms with Crippen LogP contribution >= 0.6 is 23.7 Å². The predicted octanol–water partition coefficient (Wildman–Crippen LogP) is 2.99. The third-order valence-corrected chi connectivity index (χ3v) is 5.28. The van der Waals surface area contributed by atoms with E-state index in [1.807, 2.05) is 6.07 Å². The van der Waals surface area contributed by atoms with Gasteiger partial charge in [-0.3, -0.25) is 4.79 Å². The Labute approximate surface area is 156 Å². The molecule has 3 rings (SSSR count). The SMILES string of the molecule is Cl.NCC1(C(=O)Nc2ncc(Cc3cccc(F)c3)s2)CCOCC1. The van der Waals surface area contributed by atoms with Crippen molar-refractivity contribution in [1.82, 2.24) is 4.98 Å². The lowest BCUT2D eigenvalue weighted by Crippen LogP contribution is -2.46. The zero-order valence-electron chi connectivity index (χ0n) is 13.7. The number of carbonyl (C=O) groups excluding carboxylic acids is 1. The molecule has 1 amide bonds. The minimum atomic E-state index is -0.577. The fraction of sp³-hybridized carbons (Fsp3) is 0.412. The summed E-state index contributed by atoms with van der Waals surface area (Å²) in [6.45, 7) is 1.39. The number of hydrogen-bond acceptors (Lipinski definition) is 5. The molecule has 0 bridgehead atoms. The molecule has 8 heteroatoms. The van der Waals surface area contributed by atoms with Crippen LogP contribution in [0.15, 0.2) is 30.5 Å². The van der Waals surface area contributed by atoms with Gasteiger partial charge in [0, 0.05) is 37.3 Å². The molecular weight excluding hydrogens is 365 g/mol. The van der Waals surface area contributed by atoms with Crippen molar-refractivity contribution >= 4 is 34.8 Å². The van der Waals surface area contributed by atoms with E-state index in [1.165, 1.54) is 23.5 Å². The Bertz CT molecular complexity index is 719. The van der Waals surface area contributed by atoms with E-state index in [4.69, 9.17) is 10.5 Å². The molecule has 0 unspecified atom stereocenters. The number of nitrogens with two attached hydrogens (primary N) is 1. The Hall–Kier alpha value is -1.54. The molecule has 0 atom stereocenters. The first-order valence-electron chi connectivity index (χ1n) is 7.90. The van der Waals surface area contributed by atoms with Gasteiger partial charge in [-0.15, -0.1) is 23.7 Å². The van der Waals surface area contributed by atoms with Crippen molar-refractivity contribution in [2.45, 2.75) is 19.3 Å². The molecule has 1 aromatic heterocycles. The van der Waals surface area contributed by atoms with Crippen molar-refractivity contribution in [2.75, 3.05) is 25.1 Å². The molecular formula is C17H21ClFN3O2S. The summed E-state index contributed by atoms with van der Waals surface area (Å²) in [4.78, 5) is 17.8. The molecule has 25 heavy (non-hydrogen) atoms. The summed E-state index contributed by atoms with van der Waals surface area (Å²) < 4.78 is 18.6. The summed E-state index contributed by atoms with van der Waals surface area (Å²) in [6, 6.07) is 6.47. The molecule has 1 fully saturated rings. The van der Waals surface area contributed by atoms with Gasteiger partial charge in [-0.25, -0.2) is 9.37 Å². The molecule has 1 aliphatic rings. The van der Waals surface area contributed by atoms with Crippen molar-refractivity contribution in [3.63, 3.8) is 0 Å². The minimum Gasteiger partial charge on any atom is -0.381 e. The maximum atomic E-state index is 13.2. The third kappa shape index (κ3) is 4.76. The van der Waals surface area contributed by atoms with Gasteiger partial charge in [0.05, 0.1) is 5.41 Å². The first-order chi connectivity index (χ1) is 11.6. The second kappa shape index (κ2) is 8.71. The first kappa shape index (κ1) is 19.8. The van der Waals surface area contributed by atoms with Gasteiger partial charge in [0.1, 0.15) is 5.82 Å². The largest absolute Gasteiger partial charge is 0.381 e. The number of thiazole rings is 1. The summed E-state index contributed by atoms with van der Waals surface area (Å²) in [6.07, 6.45) is 3.54. The molecule has 1 aliphatic heterocycles. The van der Waals surface area contributed by atoms with E-state index in [0.717, 1.165) is 10.4 Å². The van der Waals surface area contributed by atoms with Gasteiger partial charge in [0.15, 0.2) is 5.13 Å². The fourth-order valence-electron chi connectivity index (χ4n) is 2.81. The molecule has 0 radical (unpaired) electrons. The molecule has 136 valence electrons. The number of halogens is 2. The van der Waals surface area contributed by atoms with Gasteiger partial charge < -0.3 is 15.8 Å². The fourth-order valence-corrected chi connectivity index (χ4v) is 3.65. The number of hydrogen-bond donors (Lipinski definition) is 2. The van der Waals surface area contributed by atoms with Crippen LogP contribution in [0, 0.1) is 11.2 Å². The van der Waals surface area contributed by atoms with Crippen molar-refractivity contribution in [1.29, 1.82) is 0 Å². The number of nitrogens with zero attached hydrogens (tertiary/aromatic N) is 1. The maximum absolute atomic E-state index is 13.2. The van der Waals surface area contributed by atoms with Crippen LogP contribution in [0.5, 0.6) is 0 Å². The highest BCUT2D eigenvalue weighted by Crippen LogP contribution is 2.31. The molecule has 0 aliphatic carbocycles. The molecule has 2 aromatic rings. The number of aromatic nitrogens is 1. The summed E-state index contributed by atoms with van der Waals surface area (Å²) in [5.41, 5.74) is 6.14. The van der Waals surface area contributed by atoms with Gasteiger partial charge in [-0.05, 0) is 30.5 Å². The van der Waals surface area contributed by atoms with Crippen LogP contribution < -0.4 is 11.1 Å². The zero-order chi connectivity index (χ0) is 17.0. The average molecular weight is 386 g/mol. The molecule has 3 N–H and O–H groups in total. The number of amides is 1. The predicted molar refractivity (Wildman–Crippen MR) is 98.7 cm³/mol. The standard InChI is InChI=1S/C17H20FN3O2S.ClH/c18-13-3-1-2-12(8-13)9-14-10-20-16(24-14)21-15(22)17(11-19)4-6-23-7-5-17;/h1-3,8,10H,4-7,9,11,19H2,(H,20,21,22);1H. The van der Waals surface area contributed by atoms with Crippen LogP contribution in [0.1, 0.15) is 23.3 Å². The summed E-state index contributed by atoms with van der Waals surface area (Å²) in [7, 11) is 0. The van der Waals surface area contributed by atoms with E-state index < -0.39 is 5.41 Å². The number of anilines is 1.